The quantitative estimate of drug-likeness (QED) is 0.843. The van der Waals surface area contributed by atoms with E-state index in [0.717, 1.165) is 5.56 Å². The van der Waals surface area contributed by atoms with Crippen molar-refractivity contribution in [3.05, 3.63) is 34.9 Å². The largest absolute Gasteiger partial charge is 0.393 e. The molecule has 0 radical (unpaired) electrons. The van der Waals surface area contributed by atoms with E-state index in [-0.39, 0.29) is 12.0 Å². The van der Waals surface area contributed by atoms with Gasteiger partial charge in [-0.2, -0.15) is 0 Å². The van der Waals surface area contributed by atoms with Crippen molar-refractivity contribution in [1.29, 1.82) is 0 Å². The smallest absolute Gasteiger partial charge is 0.230 e. The molecule has 1 rings (SSSR count). The minimum Gasteiger partial charge on any atom is -0.393 e. The molecule has 106 valence electrons. The van der Waals surface area contributed by atoms with Gasteiger partial charge in [0.05, 0.1) is 11.5 Å². The summed E-state index contributed by atoms with van der Waals surface area (Å²) in [5.74, 6) is -0.0434. The molecule has 0 saturated carbocycles. The molecule has 4 heteroatoms. The number of rotatable bonds is 6. The van der Waals surface area contributed by atoms with E-state index in [4.69, 9.17) is 11.6 Å². The monoisotopic (exact) mass is 283 g/mol. The Balaban J connectivity index is 2.61. The second-order valence-corrected chi connectivity index (χ2v) is 5.67. The lowest BCUT2D eigenvalue weighted by molar-refractivity contribution is -0.125. The van der Waals surface area contributed by atoms with Gasteiger partial charge in [-0.15, -0.1) is 0 Å². The standard InChI is InChI=1S/C15H22ClNO2/c1-4-13(18)9-10-17-14(19)15(2,3)11-5-7-12(16)8-6-11/h5-8,13,18H,4,9-10H2,1-3H3,(H,17,19). The molecule has 19 heavy (non-hydrogen) atoms. The van der Waals surface area contributed by atoms with Gasteiger partial charge in [0.25, 0.3) is 0 Å². The van der Waals surface area contributed by atoms with Crippen LogP contribution in [0.1, 0.15) is 39.2 Å². The number of aliphatic hydroxyl groups is 1. The highest BCUT2D eigenvalue weighted by Crippen LogP contribution is 2.24. The summed E-state index contributed by atoms with van der Waals surface area (Å²) in [5, 5.41) is 13.0. The topological polar surface area (TPSA) is 49.3 Å². The number of carbonyl (C=O) groups excluding carboxylic acids is 1. The van der Waals surface area contributed by atoms with Gasteiger partial charge in [-0.1, -0.05) is 30.7 Å². The first-order chi connectivity index (χ1) is 8.87. The van der Waals surface area contributed by atoms with E-state index < -0.39 is 5.41 Å². The van der Waals surface area contributed by atoms with Crippen molar-refractivity contribution in [2.24, 2.45) is 0 Å². The number of amides is 1. The Kier molecular flexibility index (Phi) is 5.83. The first-order valence-corrected chi connectivity index (χ1v) is 6.98. The highest BCUT2D eigenvalue weighted by atomic mass is 35.5. The van der Waals surface area contributed by atoms with Gasteiger partial charge in [-0.3, -0.25) is 4.79 Å². The van der Waals surface area contributed by atoms with Gasteiger partial charge in [0.15, 0.2) is 0 Å². The van der Waals surface area contributed by atoms with Gasteiger partial charge >= 0.3 is 0 Å². The van der Waals surface area contributed by atoms with Crippen molar-refractivity contribution in [3.63, 3.8) is 0 Å². The Labute approximate surface area is 120 Å². The van der Waals surface area contributed by atoms with Gasteiger partial charge < -0.3 is 10.4 Å². The summed E-state index contributed by atoms with van der Waals surface area (Å²) in [6, 6.07) is 7.30. The fourth-order valence-corrected chi connectivity index (χ4v) is 1.90. The molecule has 1 aromatic carbocycles. The molecule has 0 saturated heterocycles. The average Bonchev–Trinajstić information content (AvgIpc) is 2.38. The molecule has 0 aliphatic carbocycles. The van der Waals surface area contributed by atoms with Gasteiger partial charge in [0.2, 0.25) is 5.91 Å². The lowest BCUT2D eigenvalue weighted by Crippen LogP contribution is -2.41. The van der Waals surface area contributed by atoms with Crippen molar-refractivity contribution < 1.29 is 9.90 Å². The van der Waals surface area contributed by atoms with Crippen molar-refractivity contribution in [1.82, 2.24) is 5.32 Å². The Morgan fingerprint density at radius 3 is 2.47 bits per heavy atom. The third-order valence-corrected chi connectivity index (χ3v) is 3.62. The molecule has 0 fully saturated rings. The van der Waals surface area contributed by atoms with Gasteiger partial charge in [0, 0.05) is 11.6 Å². The van der Waals surface area contributed by atoms with E-state index in [9.17, 15) is 9.90 Å². The summed E-state index contributed by atoms with van der Waals surface area (Å²) in [5.41, 5.74) is 0.312. The van der Waals surface area contributed by atoms with Crippen LogP contribution in [0.2, 0.25) is 5.02 Å². The summed E-state index contributed by atoms with van der Waals surface area (Å²) in [7, 11) is 0. The van der Waals surface area contributed by atoms with Crippen LogP contribution in [-0.2, 0) is 10.2 Å². The normalized spacial score (nSPS) is 13.1. The zero-order valence-corrected chi connectivity index (χ0v) is 12.5. The Morgan fingerprint density at radius 1 is 1.37 bits per heavy atom. The fourth-order valence-electron chi connectivity index (χ4n) is 1.78. The maximum Gasteiger partial charge on any atom is 0.230 e. The number of halogens is 1. The Bertz CT molecular complexity index is 415. The number of nitrogens with one attached hydrogen (secondary N) is 1. The Morgan fingerprint density at radius 2 is 1.95 bits per heavy atom. The molecule has 1 unspecified atom stereocenters. The molecule has 1 aromatic rings. The first-order valence-electron chi connectivity index (χ1n) is 6.60. The van der Waals surface area contributed by atoms with Crippen LogP contribution in [-0.4, -0.2) is 23.7 Å². The van der Waals surface area contributed by atoms with Crippen LogP contribution in [0.25, 0.3) is 0 Å². The SMILES string of the molecule is CCC(O)CCNC(=O)C(C)(C)c1ccc(Cl)cc1. The van der Waals surface area contributed by atoms with E-state index in [0.29, 0.717) is 24.4 Å². The summed E-state index contributed by atoms with van der Waals surface area (Å²) in [6.07, 6.45) is 0.939. The zero-order valence-electron chi connectivity index (χ0n) is 11.7. The van der Waals surface area contributed by atoms with Gasteiger partial charge in [0.1, 0.15) is 0 Å². The molecule has 0 bridgehead atoms. The van der Waals surface area contributed by atoms with E-state index in [1.165, 1.54) is 0 Å². The number of benzene rings is 1. The second-order valence-electron chi connectivity index (χ2n) is 5.24. The highest BCUT2D eigenvalue weighted by molar-refractivity contribution is 6.30. The van der Waals surface area contributed by atoms with Crippen LogP contribution in [0.4, 0.5) is 0 Å². The van der Waals surface area contributed by atoms with Crippen LogP contribution in [0.15, 0.2) is 24.3 Å². The van der Waals surface area contributed by atoms with Crippen LogP contribution < -0.4 is 5.32 Å². The third kappa shape index (κ3) is 4.51. The van der Waals surface area contributed by atoms with E-state index in [2.05, 4.69) is 5.32 Å². The molecule has 0 aliphatic heterocycles. The molecular weight excluding hydrogens is 262 g/mol. The Hall–Kier alpha value is -1.06. The van der Waals surface area contributed by atoms with Crippen molar-refractivity contribution in [3.8, 4) is 0 Å². The predicted molar refractivity (Wildman–Crippen MR) is 78.4 cm³/mol. The molecule has 2 N–H and O–H groups in total. The van der Waals surface area contributed by atoms with E-state index >= 15 is 0 Å². The molecule has 0 aromatic heterocycles. The van der Waals surface area contributed by atoms with E-state index in [1.807, 2.05) is 32.9 Å². The van der Waals surface area contributed by atoms with Crippen LogP contribution >= 0.6 is 11.6 Å². The molecule has 3 nitrogen and oxygen atoms in total. The predicted octanol–water partition coefficient (Wildman–Crippen LogP) is 2.89. The third-order valence-electron chi connectivity index (χ3n) is 3.37. The summed E-state index contributed by atoms with van der Waals surface area (Å²) >= 11 is 5.85. The fraction of sp³-hybridized carbons (Fsp3) is 0.533. The maximum atomic E-state index is 12.2. The van der Waals surface area contributed by atoms with E-state index in [1.54, 1.807) is 12.1 Å². The van der Waals surface area contributed by atoms with Crippen LogP contribution in [0, 0.1) is 0 Å². The summed E-state index contributed by atoms with van der Waals surface area (Å²) in [4.78, 5) is 12.2. The molecular formula is C15H22ClNO2. The summed E-state index contributed by atoms with van der Waals surface area (Å²) in [6.45, 7) is 6.17. The minimum absolute atomic E-state index is 0.0434. The number of hydrogen-bond acceptors (Lipinski definition) is 2. The van der Waals surface area contributed by atoms with Crippen molar-refractivity contribution >= 4 is 17.5 Å². The van der Waals surface area contributed by atoms with Crippen molar-refractivity contribution in [2.75, 3.05) is 6.54 Å². The van der Waals surface area contributed by atoms with Gasteiger partial charge in [-0.25, -0.2) is 0 Å². The molecule has 1 atom stereocenters. The first kappa shape index (κ1) is 16.0. The minimum atomic E-state index is -0.609. The number of hydrogen-bond donors (Lipinski definition) is 2. The van der Waals surface area contributed by atoms with Crippen LogP contribution in [0.5, 0.6) is 0 Å². The number of aliphatic hydroxyl groups excluding tert-OH is 1. The van der Waals surface area contributed by atoms with Crippen molar-refractivity contribution in [2.45, 2.75) is 45.1 Å². The maximum absolute atomic E-state index is 12.2. The molecule has 1 amide bonds. The lowest BCUT2D eigenvalue weighted by Gasteiger charge is -2.24. The highest BCUT2D eigenvalue weighted by Gasteiger charge is 2.29. The molecule has 0 aliphatic rings. The van der Waals surface area contributed by atoms with Gasteiger partial charge in [-0.05, 0) is 44.4 Å². The summed E-state index contributed by atoms with van der Waals surface area (Å²) < 4.78 is 0. The average molecular weight is 284 g/mol. The number of carbonyl (C=O) groups is 1. The molecule has 0 heterocycles. The zero-order chi connectivity index (χ0) is 14.5. The molecule has 0 spiro atoms. The van der Waals surface area contributed by atoms with Crippen LogP contribution in [0.3, 0.4) is 0 Å². The second kappa shape index (κ2) is 6.92. The lowest BCUT2D eigenvalue weighted by atomic mass is 9.84.